The van der Waals surface area contributed by atoms with E-state index >= 15 is 0 Å². The van der Waals surface area contributed by atoms with Crippen molar-refractivity contribution in [1.82, 2.24) is 14.7 Å². The summed E-state index contributed by atoms with van der Waals surface area (Å²) in [7, 11) is 8.12. The fourth-order valence-electron chi connectivity index (χ4n) is 6.63. The number of nitrogens with two attached hydrogens (primary N) is 1. The third kappa shape index (κ3) is 4.39. The molecule has 0 unspecified atom stereocenters. The van der Waals surface area contributed by atoms with Crippen LogP contribution in [-0.4, -0.2) is 111 Å². The Labute approximate surface area is 248 Å². The number of carbonyl (C=O) groups excluding carboxylic acids is 4. The van der Waals surface area contributed by atoms with E-state index in [9.17, 15) is 39.6 Å². The van der Waals surface area contributed by atoms with Gasteiger partial charge >= 0.3 is 0 Å². The van der Waals surface area contributed by atoms with Crippen LogP contribution in [0.15, 0.2) is 23.0 Å². The quantitative estimate of drug-likeness (QED) is 0.292. The van der Waals surface area contributed by atoms with Gasteiger partial charge in [-0.3, -0.25) is 29.0 Å². The van der Waals surface area contributed by atoms with Crippen LogP contribution in [0, 0.1) is 11.8 Å². The van der Waals surface area contributed by atoms with Gasteiger partial charge < -0.3 is 31.1 Å². The minimum absolute atomic E-state index is 0.0443. The summed E-state index contributed by atoms with van der Waals surface area (Å²) in [6.45, 7) is 3.69. The van der Waals surface area contributed by atoms with Crippen molar-refractivity contribution in [3.63, 3.8) is 0 Å². The molecule has 0 aromatic heterocycles. The van der Waals surface area contributed by atoms with Crippen molar-refractivity contribution >= 4 is 40.7 Å². The number of primary amides is 1. The van der Waals surface area contributed by atoms with Gasteiger partial charge in [-0.25, -0.2) is 0 Å². The number of aliphatic hydroxyl groups excluding tert-OH is 2. The molecule has 0 radical (unpaired) electrons. The summed E-state index contributed by atoms with van der Waals surface area (Å²) < 4.78 is 0. The first-order chi connectivity index (χ1) is 19.3. The van der Waals surface area contributed by atoms with Crippen molar-refractivity contribution in [3.8, 4) is 5.75 Å². The first-order valence-corrected chi connectivity index (χ1v) is 13.8. The molecule has 1 saturated carbocycles. The molecule has 228 valence electrons. The summed E-state index contributed by atoms with van der Waals surface area (Å²) in [4.78, 5) is 56.7. The van der Waals surface area contributed by atoms with Gasteiger partial charge in [0.15, 0.2) is 11.4 Å². The molecule has 42 heavy (non-hydrogen) atoms. The first kappa shape index (κ1) is 31.5. The SMILES string of the molecule is CN(C)C(=O)C(C)(C)N(C)Cc1cc(O)c2c(c1Cl)C[C@H]1C[C@H]3[C@H](N(C)C)C(=O)C(C(N)=O)=C(O)[C@@]3(O)C(=O)C1=C2O. The number of benzene rings is 1. The number of aromatic hydroxyl groups is 1. The Morgan fingerprint density at radius 3 is 2.24 bits per heavy atom. The number of aliphatic hydroxyl groups is 3. The van der Waals surface area contributed by atoms with Gasteiger partial charge in [0.25, 0.3) is 5.91 Å². The zero-order valence-electron chi connectivity index (χ0n) is 24.6. The third-order valence-corrected chi connectivity index (χ3v) is 9.49. The van der Waals surface area contributed by atoms with Gasteiger partial charge in [0.2, 0.25) is 11.7 Å². The van der Waals surface area contributed by atoms with Crippen molar-refractivity contribution in [2.45, 2.75) is 50.4 Å². The lowest BCUT2D eigenvalue weighted by Crippen LogP contribution is -2.65. The summed E-state index contributed by atoms with van der Waals surface area (Å²) in [5.41, 5.74) is 1.36. The van der Waals surface area contributed by atoms with Crippen LogP contribution in [0.4, 0.5) is 0 Å². The Morgan fingerprint density at radius 1 is 1.12 bits per heavy atom. The topological polar surface area (TPSA) is 185 Å². The molecule has 4 rings (SSSR count). The van der Waals surface area contributed by atoms with E-state index in [4.69, 9.17) is 17.3 Å². The predicted molar refractivity (Wildman–Crippen MR) is 153 cm³/mol. The lowest BCUT2D eigenvalue weighted by molar-refractivity contribution is -0.153. The minimum atomic E-state index is -2.71. The monoisotopic (exact) mass is 604 g/mol. The second-order valence-electron chi connectivity index (χ2n) is 12.3. The number of fused-ring (bicyclic) bond motifs is 3. The van der Waals surface area contributed by atoms with Gasteiger partial charge in [0.05, 0.1) is 17.1 Å². The number of halogens is 1. The summed E-state index contributed by atoms with van der Waals surface area (Å²) >= 11 is 6.85. The number of hydrogen-bond donors (Lipinski definition) is 5. The number of Topliss-reactive ketones (excluding diaryl/α,β-unsaturated/α-hetero) is 2. The van der Waals surface area contributed by atoms with E-state index in [-0.39, 0.29) is 47.2 Å². The van der Waals surface area contributed by atoms with E-state index in [1.165, 1.54) is 30.0 Å². The van der Waals surface area contributed by atoms with E-state index < -0.39 is 63.6 Å². The van der Waals surface area contributed by atoms with E-state index in [1.807, 2.05) is 0 Å². The number of amides is 2. The number of hydrogen-bond acceptors (Lipinski definition) is 10. The average Bonchev–Trinajstić information content (AvgIpc) is 2.87. The normalized spacial score (nSPS) is 25.9. The summed E-state index contributed by atoms with van der Waals surface area (Å²) in [5, 5.41) is 45.3. The number of carbonyl (C=O) groups is 4. The maximum atomic E-state index is 13.9. The number of ketones is 2. The molecule has 4 atom stereocenters. The van der Waals surface area contributed by atoms with Crippen molar-refractivity contribution in [1.29, 1.82) is 0 Å². The fourth-order valence-corrected chi connectivity index (χ4v) is 6.91. The van der Waals surface area contributed by atoms with Crippen LogP contribution in [-0.2, 0) is 32.1 Å². The highest BCUT2D eigenvalue weighted by Crippen LogP contribution is 2.53. The predicted octanol–water partition coefficient (Wildman–Crippen LogP) is 0.916. The minimum Gasteiger partial charge on any atom is -0.508 e. The van der Waals surface area contributed by atoms with Crippen molar-refractivity contribution < 1.29 is 39.6 Å². The number of nitrogens with zero attached hydrogens (tertiary/aromatic N) is 3. The first-order valence-electron chi connectivity index (χ1n) is 13.4. The van der Waals surface area contributed by atoms with E-state index in [1.54, 1.807) is 39.9 Å². The zero-order valence-corrected chi connectivity index (χ0v) is 25.4. The maximum Gasteiger partial charge on any atom is 0.255 e. The highest BCUT2D eigenvalue weighted by Gasteiger charge is 2.64. The third-order valence-electron chi connectivity index (χ3n) is 9.02. The number of rotatable bonds is 6. The van der Waals surface area contributed by atoms with Gasteiger partial charge in [-0.15, -0.1) is 0 Å². The standard InChI is InChI=1S/C29H37ClN4O8/c1-28(2,27(41)33(5)6)34(7)11-13-10-16(35)18-14(20(13)30)8-12-9-15-21(32(3)4)23(37)19(26(31)40)25(39)29(15,42)24(38)17(12)22(18)36/h10,12,15,21,35-36,39,42H,8-9,11H2,1-7H3,(H2,31,40)/t12-,15-,21-,29-/m0/s1. The Bertz CT molecular complexity index is 1480. The van der Waals surface area contributed by atoms with Crippen LogP contribution in [0.2, 0.25) is 5.02 Å². The summed E-state index contributed by atoms with van der Waals surface area (Å²) in [6.07, 6.45) is 0.0237. The molecule has 3 aliphatic carbocycles. The van der Waals surface area contributed by atoms with Crippen LogP contribution >= 0.6 is 11.6 Å². The average molecular weight is 605 g/mol. The highest BCUT2D eigenvalue weighted by atomic mass is 35.5. The molecule has 1 aromatic rings. The maximum absolute atomic E-state index is 13.9. The van der Waals surface area contributed by atoms with Crippen LogP contribution in [0.1, 0.15) is 37.0 Å². The second-order valence-corrected chi connectivity index (χ2v) is 12.7. The van der Waals surface area contributed by atoms with Gasteiger partial charge in [0, 0.05) is 37.2 Å². The molecule has 2 amide bonds. The largest absolute Gasteiger partial charge is 0.508 e. The second kappa shape index (κ2) is 10.4. The van der Waals surface area contributed by atoms with Crippen molar-refractivity contribution in [2.75, 3.05) is 35.2 Å². The molecular weight excluding hydrogens is 568 g/mol. The molecule has 0 bridgehead atoms. The molecule has 13 heteroatoms. The van der Waals surface area contributed by atoms with Gasteiger partial charge in [-0.05, 0) is 70.9 Å². The molecule has 6 N–H and O–H groups in total. The molecule has 1 aromatic carbocycles. The lowest BCUT2D eigenvalue weighted by Gasteiger charge is -2.50. The molecular formula is C29H37ClN4O8. The number of phenols is 1. The molecule has 0 spiro atoms. The highest BCUT2D eigenvalue weighted by molar-refractivity contribution is 6.32. The van der Waals surface area contributed by atoms with Gasteiger partial charge in [-0.2, -0.15) is 0 Å². The van der Waals surface area contributed by atoms with Crippen LogP contribution in [0.5, 0.6) is 5.75 Å². The Kier molecular flexibility index (Phi) is 7.77. The molecule has 1 fully saturated rings. The molecule has 0 heterocycles. The number of likely N-dealkylation sites (N-methyl/N-ethyl adjacent to an activating group) is 3. The van der Waals surface area contributed by atoms with Crippen LogP contribution in [0.3, 0.4) is 0 Å². The summed E-state index contributed by atoms with van der Waals surface area (Å²) in [6, 6.07) is 0.169. The Morgan fingerprint density at radius 2 is 1.71 bits per heavy atom. The van der Waals surface area contributed by atoms with E-state index in [0.717, 1.165) is 0 Å². The number of phenolic OH excluding ortho intramolecular Hbond substituents is 1. The van der Waals surface area contributed by atoms with Gasteiger partial charge in [-0.1, -0.05) is 11.6 Å². The lowest BCUT2D eigenvalue weighted by atomic mass is 9.57. The Hall–Kier alpha value is -3.45. The smallest absolute Gasteiger partial charge is 0.255 e. The van der Waals surface area contributed by atoms with Crippen LogP contribution in [0.25, 0.3) is 5.76 Å². The molecule has 0 aliphatic heterocycles. The van der Waals surface area contributed by atoms with E-state index in [0.29, 0.717) is 11.1 Å². The molecule has 0 saturated heterocycles. The van der Waals surface area contributed by atoms with Crippen molar-refractivity contribution in [3.05, 3.63) is 44.7 Å². The van der Waals surface area contributed by atoms with Gasteiger partial charge in [0.1, 0.15) is 22.8 Å². The Balaban J connectivity index is 1.85. The molecule has 3 aliphatic rings. The van der Waals surface area contributed by atoms with E-state index in [2.05, 4.69) is 0 Å². The zero-order chi connectivity index (χ0) is 31.8. The fraction of sp³-hybridized carbons (Fsp3) is 0.517. The van der Waals surface area contributed by atoms with Crippen LogP contribution < -0.4 is 5.73 Å². The van der Waals surface area contributed by atoms with Crippen molar-refractivity contribution in [2.24, 2.45) is 17.6 Å². The summed E-state index contributed by atoms with van der Waals surface area (Å²) in [5.74, 6) is -7.42. The molecule has 12 nitrogen and oxygen atoms in total.